The monoisotopic (exact) mass is 275 g/mol. The molecule has 96 valence electrons. The third-order valence-corrected chi connectivity index (χ3v) is 4.53. The molecule has 1 aromatic rings. The Hall–Kier alpha value is -0.580. The van der Waals surface area contributed by atoms with Crippen molar-refractivity contribution in [2.45, 2.75) is 37.6 Å². The summed E-state index contributed by atoms with van der Waals surface area (Å²) >= 11 is 5.58. The lowest BCUT2D eigenvalue weighted by atomic mass is 10.2. The number of benzene rings is 1. The number of hydrogen-bond acceptors (Lipinski definition) is 2. The molecule has 0 amide bonds. The van der Waals surface area contributed by atoms with Crippen molar-refractivity contribution in [1.29, 1.82) is 0 Å². The van der Waals surface area contributed by atoms with Crippen molar-refractivity contribution in [3.63, 3.8) is 0 Å². The fourth-order valence-electron chi connectivity index (χ4n) is 1.63. The third kappa shape index (κ3) is 4.30. The first-order valence-corrected chi connectivity index (χ1v) is 7.63. The SMILES string of the molecule is Cc1ccccc1S(=O)(=O)NC(C)CCCCl. The standard InChI is InChI=1S/C12H18ClNO2S/c1-10-6-3-4-8-12(10)17(15,16)14-11(2)7-5-9-13/h3-4,6,8,11,14H,5,7,9H2,1-2H3. The smallest absolute Gasteiger partial charge is 0.208 e. The average molecular weight is 276 g/mol. The van der Waals surface area contributed by atoms with Crippen molar-refractivity contribution < 1.29 is 8.42 Å². The van der Waals surface area contributed by atoms with Crippen molar-refractivity contribution in [3.8, 4) is 0 Å². The molecule has 1 aromatic carbocycles. The highest BCUT2D eigenvalue weighted by Gasteiger charge is 2.18. The summed E-state index contributed by atoms with van der Waals surface area (Å²) in [6.45, 7) is 3.64. The van der Waals surface area contributed by atoms with Crippen LogP contribution in [0.3, 0.4) is 0 Å². The molecule has 0 radical (unpaired) electrons. The maximum absolute atomic E-state index is 12.1. The molecular weight excluding hydrogens is 258 g/mol. The van der Waals surface area contributed by atoms with Crippen LogP contribution in [0.25, 0.3) is 0 Å². The molecule has 3 nitrogen and oxygen atoms in total. The second-order valence-electron chi connectivity index (χ2n) is 4.12. The Kier molecular flexibility index (Phi) is 5.43. The van der Waals surface area contributed by atoms with Gasteiger partial charge < -0.3 is 0 Å². The van der Waals surface area contributed by atoms with Gasteiger partial charge in [-0.15, -0.1) is 11.6 Å². The Morgan fingerprint density at radius 2 is 2.00 bits per heavy atom. The van der Waals surface area contributed by atoms with Crippen LogP contribution >= 0.6 is 11.6 Å². The van der Waals surface area contributed by atoms with E-state index in [1.807, 2.05) is 13.0 Å². The number of hydrogen-bond donors (Lipinski definition) is 1. The molecule has 0 spiro atoms. The van der Waals surface area contributed by atoms with Gasteiger partial charge >= 0.3 is 0 Å². The molecule has 1 atom stereocenters. The number of sulfonamides is 1. The molecule has 0 aliphatic carbocycles. The number of nitrogens with one attached hydrogen (secondary N) is 1. The van der Waals surface area contributed by atoms with E-state index >= 15 is 0 Å². The molecule has 0 fully saturated rings. The van der Waals surface area contributed by atoms with E-state index in [9.17, 15) is 8.42 Å². The molecule has 5 heteroatoms. The van der Waals surface area contributed by atoms with Crippen LogP contribution < -0.4 is 4.72 Å². The van der Waals surface area contributed by atoms with Crippen molar-refractivity contribution in [2.75, 3.05) is 5.88 Å². The van der Waals surface area contributed by atoms with Crippen LogP contribution in [0.2, 0.25) is 0 Å². The summed E-state index contributed by atoms with van der Waals surface area (Å²) in [7, 11) is -3.41. The summed E-state index contributed by atoms with van der Waals surface area (Å²) in [6, 6.07) is 6.86. The molecule has 0 aliphatic heterocycles. The van der Waals surface area contributed by atoms with E-state index in [-0.39, 0.29) is 6.04 Å². The molecule has 0 heterocycles. The van der Waals surface area contributed by atoms with Crippen LogP contribution in [0, 0.1) is 6.92 Å². The van der Waals surface area contributed by atoms with Gasteiger partial charge in [-0.2, -0.15) is 0 Å². The lowest BCUT2D eigenvalue weighted by Crippen LogP contribution is -2.33. The Bertz CT molecular complexity index is 459. The van der Waals surface area contributed by atoms with Gasteiger partial charge in [0, 0.05) is 11.9 Å². The number of rotatable bonds is 6. The first kappa shape index (κ1) is 14.5. The number of alkyl halides is 1. The number of halogens is 1. The normalized spacial score (nSPS) is 13.6. The van der Waals surface area contributed by atoms with Crippen molar-refractivity contribution in [3.05, 3.63) is 29.8 Å². The van der Waals surface area contributed by atoms with Crippen molar-refractivity contribution >= 4 is 21.6 Å². The summed E-state index contributed by atoms with van der Waals surface area (Å²) in [5.41, 5.74) is 0.754. The first-order chi connectivity index (χ1) is 7.97. The molecule has 0 saturated carbocycles. The highest BCUT2D eigenvalue weighted by molar-refractivity contribution is 7.89. The van der Waals surface area contributed by atoms with Crippen LogP contribution in [-0.4, -0.2) is 20.3 Å². The van der Waals surface area contributed by atoms with Gasteiger partial charge in [0.05, 0.1) is 4.90 Å². The predicted molar refractivity (Wildman–Crippen MR) is 70.9 cm³/mol. The summed E-state index contributed by atoms with van der Waals surface area (Å²) in [5.74, 6) is 0.552. The molecule has 1 N–H and O–H groups in total. The van der Waals surface area contributed by atoms with Gasteiger partial charge in [-0.3, -0.25) is 0 Å². The highest BCUT2D eigenvalue weighted by Crippen LogP contribution is 2.15. The third-order valence-electron chi connectivity index (χ3n) is 2.51. The van der Waals surface area contributed by atoms with E-state index in [4.69, 9.17) is 11.6 Å². The zero-order chi connectivity index (χ0) is 12.9. The second kappa shape index (κ2) is 6.38. The van der Waals surface area contributed by atoms with Gasteiger partial charge in [-0.25, -0.2) is 13.1 Å². The van der Waals surface area contributed by atoms with Gasteiger partial charge in [0.25, 0.3) is 0 Å². The minimum absolute atomic E-state index is 0.0987. The molecule has 0 aromatic heterocycles. The van der Waals surface area contributed by atoms with Gasteiger partial charge in [0.1, 0.15) is 0 Å². The Balaban J connectivity index is 2.79. The summed E-state index contributed by atoms with van der Waals surface area (Å²) < 4.78 is 26.8. The van der Waals surface area contributed by atoms with E-state index < -0.39 is 10.0 Å². The predicted octanol–water partition coefficient (Wildman–Crippen LogP) is 2.68. The van der Waals surface area contributed by atoms with E-state index in [2.05, 4.69) is 4.72 Å². The van der Waals surface area contributed by atoms with Crippen LogP contribution in [0.5, 0.6) is 0 Å². The van der Waals surface area contributed by atoms with Crippen LogP contribution in [0.4, 0.5) is 0 Å². The minimum Gasteiger partial charge on any atom is -0.208 e. The molecule has 0 aliphatic rings. The van der Waals surface area contributed by atoms with Crippen molar-refractivity contribution in [2.24, 2.45) is 0 Å². The highest BCUT2D eigenvalue weighted by atomic mass is 35.5. The van der Waals surface area contributed by atoms with Crippen molar-refractivity contribution in [1.82, 2.24) is 4.72 Å². The van der Waals surface area contributed by atoms with E-state index in [1.165, 1.54) is 0 Å². The Morgan fingerprint density at radius 1 is 1.35 bits per heavy atom. The lowest BCUT2D eigenvalue weighted by Gasteiger charge is -2.14. The molecule has 1 unspecified atom stereocenters. The number of aryl methyl sites for hydroxylation is 1. The van der Waals surface area contributed by atoms with Gasteiger partial charge in [0.2, 0.25) is 10.0 Å². The Labute approximate surface area is 108 Å². The van der Waals surface area contributed by atoms with E-state index in [0.717, 1.165) is 18.4 Å². The van der Waals surface area contributed by atoms with Crippen LogP contribution in [0.15, 0.2) is 29.2 Å². The minimum atomic E-state index is -3.41. The fourth-order valence-corrected chi connectivity index (χ4v) is 3.31. The fraction of sp³-hybridized carbons (Fsp3) is 0.500. The topological polar surface area (TPSA) is 46.2 Å². The summed E-state index contributed by atoms with van der Waals surface area (Å²) in [4.78, 5) is 0.345. The molecule has 17 heavy (non-hydrogen) atoms. The largest absolute Gasteiger partial charge is 0.241 e. The van der Waals surface area contributed by atoms with Crippen LogP contribution in [0.1, 0.15) is 25.3 Å². The molecule has 0 bridgehead atoms. The van der Waals surface area contributed by atoms with E-state index in [1.54, 1.807) is 25.1 Å². The maximum atomic E-state index is 12.1. The molecular formula is C12H18ClNO2S. The van der Waals surface area contributed by atoms with Gasteiger partial charge in [-0.1, -0.05) is 18.2 Å². The Morgan fingerprint density at radius 3 is 2.59 bits per heavy atom. The molecule has 0 saturated heterocycles. The second-order valence-corrected chi connectivity index (χ2v) is 6.18. The lowest BCUT2D eigenvalue weighted by molar-refractivity contribution is 0.544. The van der Waals surface area contributed by atoms with Crippen LogP contribution in [-0.2, 0) is 10.0 Å². The summed E-state index contributed by atoms with van der Waals surface area (Å²) in [5, 5.41) is 0. The zero-order valence-electron chi connectivity index (χ0n) is 10.1. The van der Waals surface area contributed by atoms with E-state index in [0.29, 0.717) is 10.8 Å². The maximum Gasteiger partial charge on any atom is 0.241 e. The van der Waals surface area contributed by atoms with Gasteiger partial charge in [0.15, 0.2) is 0 Å². The first-order valence-electron chi connectivity index (χ1n) is 5.61. The molecule has 1 rings (SSSR count). The summed E-state index contributed by atoms with van der Waals surface area (Å²) in [6.07, 6.45) is 1.55. The quantitative estimate of drug-likeness (QED) is 0.812. The average Bonchev–Trinajstić information content (AvgIpc) is 2.26. The van der Waals surface area contributed by atoms with Gasteiger partial charge in [-0.05, 0) is 38.3 Å². The zero-order valence-corrected chi connectivity index (χ0v) is 11.7.